The van der Waals surface area contributed by atoms with E-state index in [-0.39, 0.29) is 0 Å². The molecule has 0 saturated heterocycles. The molecule has 6 heteroatoms. The van der Waals surface area contributed by atoms with Crippen LogP contribution in [0.4, 0.5) is 0 Å². The van der Waals surface area contributed by atoms with Crippen molar-refractivity contribution in [3.8, 4) is 5.82 Å². The Labute approximate surface area is 100 Å². The first-order chi connectivity index (χ1) is 8.29. The predicted octanol–water partition coefficient (Wildman–Crippen LogP) is 0.342. The third kappa shape index (κ3) is 3.15. The van der Waals surface area contributed by atoms with Gasteiger partial charge in [0.1, 0.15) is 6.33 Å². The van der Waals surface area contributed by atoms with E-state index in [1.165, 1.54) is 0 Å². The van der Waals surface area contributed by atoms with Crippen LogP contribution in [0.1, 0.15) is 5.69 Å². The lowest BCUT2D eigenvalue weighted by Crippen LogP contribution is -2.18. The largest absolute Gasteiger partial charge is 0.383 e. The van der Waals surface area contributed by atoms with E-state index in [9.17, 15) is 0 Å². The maximum Gasteiger partial charge on any atom is 0.159 e. The van der Waals surface area contributed by atoms with Gasteiger partial charge in [0.25, 0.3) is 0 Å². The summed E-state index contributed by atoms with van der Waals surface area (Å²) in [5.74, 6) is 0.878. The summed E-state index contributed by atoms with van der Waals surface area (Å²) < 4.78 is 8.64. The summed E-state index contributed by atoms with van der Waals surface area (Å²) in [6.07, 6.45) is 5.66. The van der Waals surface area contributed by atoms with Crippen molar-refractivity contribution in [3.05, 3.63) is 30.5 Å². The summed E-state index contributed by atoms with van der Waals surface area (Å²) in [6, 6.07) is 1.95. The number of nitrogens with zero attached hydrogens (tertiary/aromatic N) is 4. The second kappa shape index (κ2) is 5.60. The van der Waals surface area contributed by atoms with Gasteiger partial charge in [0.2, 0.25) is 0 Å². The number of aryl methyl sites for hydroxylation is 1. The molecule has 0 amide bonds. The van der Waals surface area contributed by atoms with E-state index in [2.05, 4.69) is 15.4 Å². The van der Waals surface area contributed by atoms with Gasteiger partial charge in [0.15, 0.2) is 5.82 Å². The fraction of sp³-hybridized carbons (Fsp3) is 0.455. The highest BCUT2D eigenvalue weighted by atomic mass is 16.5. The molecule has 17 heavy (non-hydrogen) atoms. The molecule has 92 valence electrons. The van der Waals surface area contributed by atoms with Gasteiger partial charge in [-0.2, -0.15) is 5.10 Å². The van der Waals surface area contributed by atoms with Gasteiger partial charge >= 0.3 is 0 Å². The van der Waals surface area contributed by atoms with Gasteiger partial charge in [-0.15, -0.1) is 0 Å². The fourth-order valence-corrected chi connectivity index (χ4v) is 1.51. The molecule has 0 aromatic carbocycles. The van der Waals surface area contributed by atoms with E-state index in [1.54, 1.807) is 18.1 Å². The Hall–Kier alpha value is -1.66. The first kappa shape index (κ1) is 11.8. The van der Waals surface area contributed by atoms with Crippen LogP contribution in [0.5, 0.6) is 0 Å². The normalized spacial score (nSPS) is 10.9. The Balaban J connectivity index is 1.92. The second-order valence-corrected chi connectivity index (χ2v) is 3.79. The van der Waals surface area contributed by atoms with Gasteiger partial charge in [-0.05, 0) is 0 Å². The maximum atomic E-state index is 4.96. The van der Waals surface area contributed by atoms with Gasteiger partial charge in [-0.3, -0.25) is 9.25 Å². The summed E-state index contributed by atoms with van der Waals surface area (Å²) in [5.41, 5.74) is 0.992. The van der Waals surface area contributed by atoms with E-state index in [0.29, 0.717) is 6.61 Å². The zero-order valence-corrected chi connectivity index (χ0v) is 10.1. The molecule has 0 aliphatic heterocycles. The molecular formula is C11H17N5O. The van der Waals surface area contributed by atoms with Gasteiger partial charge in [-0.25, -0.2) is 4.98 Å². The van der Waals surface area contributed by atoms with Crippen molar-refractivity contribution in [1.29, 1.82) is 0 Å². The van der Waals surface area contributed by atoms with Crippen LogP contribution in [-0.2, 0) is 18.3 Å². The lowest BCUT2D eigenvalue weighted by atomic mass is 10.4. The standard InChI is InChI=1S/C11H17N5O/c1-15-5-3-11(14-15)16-8-10(13-9-16)7-12-4-6-17-2/h3,5,8-9,12H,4,6-7H2,1-2H3. The number of methoxy groups -OCH3 is 1. The van der Waals surface area contributed by atoms with Crippen LogP contribution in [0.15, 0.2) is 24.8 Å². The summed E-state index contributed by atoms with van der Waals surface area (Å²) in [5, 5.41) is 7.55. The number of hydrogen-bond donors (Lipinski definition) is 1. The van der Waals surface area contributed by atoms with E-state index in [1.807, 2.05) is 30.1 Å². The minimum Gasteiger partial charge on any atom is -0.383 e. The van der Waals surface area contributed by atoms with Crippen molar-refractivity contribution < 1.29 is 4.74 Å². The fourth-order valence-electron chi connectivity index (χ4n) is 1.51. The van der Waals surface area contributed by atoms with Crippen LogP contribution in [0.2, 0.25) is 0 Å². The number of aromatic nitrogens is 4. The smallest absolute Gasteiger partial charge is 0.159 e. The number of nitrogens with one attached hydrogen (secondary N) is 1. The summed E-state index contributed by atoms with van der Waals surface area (Å²) >= 11 is 0. The van der Waals surface area contributed by atoms with E-state index >= 15 is 0 Å². The van der Waals surface area contributed by atoms with Crippen LogP contribution in [-0.4, -0.2) is 39.6 Å². The molecule has 2 aromatic rings. The Morgan fingerprint density at radius 1 is 1.47 bits per heavy atom. The Bertz CT molecular complexity index is 462. The molecule has 2 aromatic heterocycles. The first-order valence-electron chi connectivity index (χ1n) is 5.52. The molecule has 0 unspecified atom stereocenters. The molecule has 0 radical (unpaired) electrons. The monoisotopic (exact) mass is 235 g/mol. The molecule has 0 bridgehead atoms. The molecule has 0 aliphatic carbocycles. The highest BCUT2D eigenvalue weighted by Gasteiger charge is 2.02. The highest BCUT2D eigenvalue weighted by molar-refractivity contribution is 5.20. The summed E-state index contributed by atoms with van der Waals surface area (Å²) in [7, 11) is 3.59. The van der Waals surface area contributed by atoms with Crippen LogP contribution in [0.3, 0.4) is 0 Å². The zero-order chi connectivity index (χ0) is 12.1. The van der Waals surface area contributed by atoms with Gasteiger partial charge in [0.05, 0.1) is 12.3 Å². The molecule has 0 aliphatic rings. The predicted molar refractivity (Wildman–Crippen MR) is 63.9 cm³/mol. The Morgan fingerprint density at radius 2 is 2.35 bits per heavy atom. The molecule has 0 saturated carbocycles. The van der Waals surface area contributed by atoms with Crippen molar-refractivity contribution in [2.75, 3.05) is 20.3 Å². The van der Waals surface area contributed by atoms with Gasteiger partial charge in [0, 0.05) is 45.7 Å². The maximum absolute atomic E-state index is 4.96. The van der Waals surface area contributed by atoms with Crippen molar-refractivity contribution in [2.24, 2.45) is 7.05 Å². The Kier molecular flexibility index (Phi) is 3.89. The van der Waals surface area contributed by atoms with E-state index < -0.39 is 0 Å². The first-order valence-corrected chi connectivity index (χ1v) is 5.52. The highest BCUT2D eigenvalue weighted by Crippen LogP contribution is 2.05. The van der Waals surface area contributed by atoms with Gasteiger partial charge in [-0.1, -0.05) is 0 Å². The number of hydrogen-bond acceptors (Lipinski definition) is 4. The number of rotatable bonds is 6. The number of imidazole rings is 1. The minimum absolute atomic E-state index is 0.709. The molecule has 0 fully saturated rings. The molecule has 0 atom stereocenters. The van der Waals surface area contributed by atoms with Crippen LogP contribution in [0, 0.1) is 0 Å². The quantitative estimate of drug-likeness (QED) is 0.734. The van der Waals surface area contributed by atoms with Crippen molar-refractivity contribution in [1.82, 2.24) is 24.6 Å². The average molecular weight is 235 g/mol. The summed E-state index contributed by atoms with van der Waals surface area (Å²) in [6.45, 7) is 2.27. The Morgan fingerprint density at radius 3 is 3.06 bits per heavy atom. The molecule has 0 spiro atoms. The van der Waals surface area contributed by atoms with E-state index in [0.717, 1.165) is 24.6 Å². The average Bonchev–Trinajstić information content (AvgIpc) is 2.93. The molecule has 6 nitrogen and oxygen atoms in total. The van der Waals surface area contributed by atoms with Crippen LogP contribution < -0.4 is 5.32 Å². The molecular weight excluding hydrogens is 218 g/mol. The molecule has 1 N–H and O–H groups in total. The van der Waals surface area contributed by atoms with E-state index in [4.69, 9.17) is 4.74 Å². The van der Waals surface area contributed by atoms with Crippen molar-refractivity contribution in [3.63, 3.8) is 0 Å². The SMILES string of the molecule is COCCNCc1cn(-c2ccn(C)n2)cn1. The van der Waals surface area contributed by atoms with Gasteiger partial charge < -0.3 is 10.1 Å². The lowest BCUT2D eigenvalue weighted by Gasteiger charge is -2.00. The lowest BCUT2D eigenvalue weighted by molar-refractivity contribution is 0.199. The van der Waals surface area contributed by atoms with Crippen LogP contribution in [0.25, 0.3) is 5.82 Å². The third-order valence-electron chi connectivity index (χ3n) is 2.39. The van der Waals surface area contributed by atoms with Crippen LogP contribution >= 0.6 is 0 Å². The van der Waals surface area contributed by atoms with Crippen molar-refractivity contribution in [2.45, 2.75) is 6.54 Å². The molecule has 2 rings (SSSR count). The molecule has 2 heterocycles. The summed E-state index contributed by atoms with van der Waals surface area (Å²) in [4.78, 5) is 4.31. The topological polar surface area (TPSA) is 56.9 Å². The second-order valence-electron chi connectivity index (χ2n) is 3.79. The minimum atomic E-state index is 0.709. The third-order valence-corrected chi connectivity index (χ3v) is 2.39. The number of ether oxygens (including phenoxy) is 1. The van der Waals surface area contributed by atoms with Crippen molar-refractivity contribution >= 4 is 0 Å². The zero-order valence-electron chi connectivity index (χ0n) is 10.1.